The zero-order valence-electron chi connectivity index (χ0n) is 19.6. The van der Waals surface area contributed by atoms with E-state index in [1.807, 2.05) is 41.1 Å². The van der Waals surface area contributed by atoms with Gasteiger partial charge in [0.15, 0.2) is 0 Å². The van der Waals surface area contributed by atoms with Crippen LogP contribution in [0.15, 0.2) is 65.6 Å². The molecule has 0 radical (unpaired) electrons. The minimum absolute atomic E-state index is 0.209. The first-order chi connectivity index (χ1) is 17.0. The number of aromatic nitrogens is 4. The van der Waals surface area contributed by atoms with Crippen LogP contribution in [0.25, 0.3) is 22.5 Å². The molecule has 1 fully saturated rings. The number of anilines is 3. The minimum atomic E-state index is -0.369. The summed E-state index contributed by atoms with van der Waals surface area (Å²) < 4.78 is 20.8. The number of hydrogen-bond donors (Lipinski definition) is 1. The van der Waals surface area contributed by atoms with E-state index < -0.39 is 0 Å². The lowest BCUT2D eigenvalue weighted by molar-refractivity contribution is 0.107. The van der Waals surface area contributed by atoms with Gasteiger partial charge in [-0.3, -0.25) is 9.80 Å². The molecule has 0 aliphatic carbocycles. The van der Waals surface area contributed by atoms with Crippen molar-refractivity contribution >= 4 is 17.3 Å². The number of rotatable bonds is 5. The van der Waals surface area contributed by atoms with Crippen molar-refractivity contribution in [3.8, 4) is 22.5 Å². The van der Waals surface area contributed by atoms with Crippen LogP contribution < -0.4 is 21.2 Å². The van der Waals surface area contributed by atoms with Crippen molar-refractivity contribution in [3.05, 3.63) is 77.0 Å². The van der Waals surface area contributed by atoms with Crippen molar-refractivity contribution in [2.45, 2.75) is 0 Å². The van der Waals surface area contributed by atoms with E-state index in [4.69, 9.17) is 15.5 Å². The molecule has 1 saturated heterocycles. The minimum Gasteiger partial charge on any atom is -0.397 e. The Morgan fingerprint density at radius 2 is 1.77 bits per heavy atom. The van der Waals surface area contributed by atoms with Gasteiger partial charge >= 0.3 is 0 Å². The Morgan fingerprint density at radius 3 is 2.49 bits per heavy atom. The topological polar surface area (TPSA) is 94.4 Å². The number of ether oxygens (including phenoxy) is 1. The van der Waals surface area contributed by atoms with Crippen LogP contribution in [0, 0.1) is 5.82 Å². The number of para-hydroxylation sites is 2. The molecule has 0 spiro atoms. The molecule has 1 aliphatic rings. The summed E-state index contributed by atoms with van der Waals surface area (Å²) in [6, 6.07) is 15.2. The number of morpholine rings is 1. The average Bonchev–Trinajstić information content (AvgIpc) is 3.15. The first-order valence-electron chi connectivity index (χ1n) is 11.3. The second-order valence-corrected chi connectivity index (χ2v) is 8.27. The molecular formula is C25H26FN7O2. The molecule has 0 saturated carbocycles. The van der Waals surface area contributed by atoms with Gasteiger partial charge in [0.05, 0.1) is 48.9 Å². The van der Waals surface area contributed by atoms with E-state index in [0.717, 1.165) is 5.69 Å². The van der Waals surface area contributed by atoms with Gasteiger partial charge in [-0.05, 0) is 35.9 Å². The fraction of sp³-hybridized carbons (Fsp3) is 0.240. The van der Waals surface area contributed by atoms with Crippen LogP contribution >= 0.6 is 0 Å². The standard InChI is InChI=1S/C25H26FN7O2/c1-30(21-6-4-3-5-19(21)27)25-28-12-11-20(29-25)23-22(17-7-9-18(26)10-8-17)24(34)31(2)33(23)32-13-15-35-16-14-32/h3-12H,13-16,27H2,1-2H3. The van der Waals surface area contributed by atoms with E-state index in [0.29, 0.717) is 60.5 Å². The maximum atomic E-state index is 13.7. The molecule has 0 bridgehead atoms. The fourth-order valence-electron chi connectivity index (χ4n) is 4.32. The fourth-order valence-corrected chi connectivity index (χ4v) is 4.32. The van der Waals surface area contributed by atoms with E-state index >= 15 is 0 Å². The number of nitrogens with zero attached hydrogens (tertiary/aromatic N) is 6. The molecule has 0 atom stereocenters. The summed E-state index contributed by atoms with van der Waals surface area (Å²) in [4.78, 5) is 26.4. The predicted octanol–water partition coefficient (Wildman–Crippen LogP) is 2.77. The number of halogens is 1. The Morgan fingerprint density at radius 1 is 1.06 bits per heavy atom. The highest BCUT2D eigenvalue weighted by Crippen LogP contribution is 2.32. The maximum absolute atomic E-state index is 13.7. The molecule has 4 aromatic rings. The summed E-state index contributed by atoms with van der Waals surface area (Å²) in [5, 5.41) is 2.05. The molecule has 180 valence electrons. The Balaban J connectivity index is 1.71. The van der Waals surface area contributed by atoms with Gasteiger partial charge < -0.3 is 15.4 Å². The number of hydrogen-bond acceptors (Lipinski definition) is 7. The molecule has 0 amide bonds. The van der Waals surface area contributed by atoms with Gasteiger partial charge in [-0.15, -0.1) is 0 Å². The Labute approximate surface area is 201 Å². The normalized spacial score (nSPS) is 13.7. The molecule has 2 aromatic carbocycles. The summed E-state index contributed by atoms with van der Waals surface area (Å²) >= 11 is 0. The van der Waals surface area contributed by atoms with Crippen LogP contribution in [0.4, 0.5) is 21.7 Å². The van der Waals surface area contributed by atoms with Gasteiger partial charge in [0, 0.05) is 20.3 Å². The van der Waals surface area contributed by atoms with Gasteiger partial charge in [-0.1, -0.05) is 24.3 Å². The van der Waals surface area contributed by atoms with Crippen molar-refractivity contribution in [2.24, 2.45) is 7.05 Å². The smallest absolute Gasteiger partial charge is 0.276 e. The highest BCUT2D eigenvalue weighted by atomic mass is 19.1. The molecule has 0 unspecified atom stereocenters. The molecule has 35 heavy (non-hydrogen) atoms. The Bertz CT molecular complexity index is 1410. The van der Waals surface area contributed by atoms with E-state index in [9.17, 15) is 9.18 Å². The number of nitrogens with two attached hydrogens (primary N) is 1. The molecule has 10 heteroatoms. The van der Waals surface area contributed by atoms with Crippen LogP contribution in [0.5, 0.6) is 0 Å². The third kappa shape index (κ3) is 4.12. The number of nitrogen functional groups attached to an aromatic ring is 1. The Hall–Kier alpha value is -4.18. The SMILES string of the molecule is CN(c1nccc(-c2c(-c3ccc(F)cc3)c(=O)n(C)n2N2CCOCC2)n1)c1ccccc1N. The molecule has 3 heterocycles. The quantitative estimate of drug-likeness (QED) is 0.444. The van der Waals surface area contributed by atoms with Crippen molar-refractivity contribution in [1.82, 2.24) is 19.4 Å². The zero-order chi connectivity index (χ0) is 24.5. The van der Waals surface area contributed by atoms with E-state index in [2.05, 4.69) is 4.98 Å². The summed E-state index contributed by atoms with van der Waals surface area (Å²) in [5.41, 5.74) is 9.52. The molecule has 9 nitrogen and oxygen atoms in total. The summed E-state index contributed by atoms with van der Waals surface area (Å²) in [5.74, 6) is 0.0569. The monoisotopic (exact) mass is 475 g/mol. The second kappa shape index (κ2) is 9.22. The highest BCUT2D eigenvalue weighted by molar-refractivity contribution is 5.80. The van der Waals surface area contributed by atoms with Gasteiger partial charge in [-0.25, -0.2) is 19.0 Å². The maximum Gasteiger partial charge on any atom is 0.276 e. The Kier molecular flexibility index (Phi) is 5.96. The zero-order valence-corrected chi connectivity index (χ0v) is 19.6. The molecule has 1 aliphatic heterocycles. The number of benzene rings is 2. The molecular weight excluding hydrogens is 449 g/mol. The van der Waals surface area contributed by atoms with Crippen LogP contribution in [0.1, 0.15) is 0 Å². The first kappa shape index (κ1) is 22.6. The molecule has 5 rings (SSSR count). The second-order valence-electron chi connectivity index (χ2n) is 8.27. The van der Waals surface area contributed by atoms with Crippen molar-refractivity contribution in [2.75, 3.05) is 49.0 Å². The average molecular weight is 476 g/mol. The van der Waals surface area contributed by atoms with Gasteiger partial charge in [0.2, 0.25) is 5.95 Å². The summed E-state index contributed by atoms with van der Waals surface area (Å²) in [6.45, 7) is 2.30. The third-order valence-electron chi connectivity index (χ3n) is 6.10. The summed E-state index contributed by atoms with van der Waals surface area (Å²) in [6.07, 6.45) is 1.66. The van der Waals surface area contributed by atoms with Crippen molar-refractivity contribution in [3.63, 3.8) is 0 Å². The lowest BCUT2D eigenvalue weighted by Crippen LogP contribution is -2.47. The van der Waals surface area contributed by atoms with E-state index in [1.165, 1.54) is 12.1 Å². The van der Waals surface area contributed by atoms with Crippen LogP contribution in [0.2, 0.25) is 0 Å². The predicted molar refractivity (Wildman–Crippen MR) is 134 cm³/mol. The summed E-state index contributed by atoms with van der Waals surface area (Å²) in [7, 11) is 3.55. The van der Waals surface area contributed by atoms with E-state index in [1.54, 1.807) is 41.0 Å². The van der Waals surface area contributed by atoms with E-state index in [-0.39, 0.29) is 11.4 Å². The van der Waals surface area contributed by atoms with Gasteiger partial charge in [-0.2, -0.15) is 4.79 Å². The van der Waals surface area contributed by atoms with Crippen LogP contribution in [0.3, 0.4) is 0 Å². The lowest BCUT2D eigenvalue weighted by Gasteiger charge is -2.32. The van der Waals surface area contributed by atoms with Crippen molar-refractivity contribution < 1.29 is 9.13 Å². The van der Waals surface area contributed by atoms with Gasteiger partial charge in [0.25, 0.3) is 5.56 Å². The van der Waals surface area contributed by atoms with Crippen LogP contribution in [-0.4, -0.2) is 52.8 Å². The largest absolute Gasteiger partial charge is 0.397 e. The highest BCUT2D eigenvalue weighted by Gasteiger charge is 2.27. The third-order valence-corrected chi connectivity index (χ3v) is 6.10. The first-order valence-corrected chi connectivity index (χ1v) is 11.3. The van der Waals surface area contributed by atoms with Crippen molar-refractivity contribution in [1.29, 1.82) is 0 Å². The van der Waals surface area contributed by atoms with Gasteiger partial charge in [0.1, 0.15) is 11.5 Å². The van der Waals surface area contributed by atoms with Crippen LogP contribution in [-0.2, 0) is 11.8 Å². The molecule has 2 N–H and O–H groups in total. The molecule has 2 aromatic heterocycles. The lowest BCUT2D eigenvalue weighted by atomic mass is 10.0.